The minimum absolute atomic E-state index is 0.0602. The summed E-state index contributed by atoms with van der Waals surface area (Å²) in [5.74, 6) is 1.96. The minimum atomic E-state index is -3.00. The normalized spacial score (nSPS) is 13.2. The lowest BCUT2D eigenvalue weighted by Crippen LogP contribution is -2.40. The van der Waals surface area contributed by atoms with Gasteiger partial charge in [0.2, 0.25) is 0 Å². The molecule has 7 nitrogen and oxygen atoms in total. The lowest BCUT2D eigenvalue weighted by atomic mass is 10.3. The van der Waals surface area contributed by atoms with Gasteiger partial charge in [0.05, 0.1) is 19.4 Å². The first kappa shape index (κ1) is 20.1. The van der Waals surface area contributed by atoms with E-state index in [1.807, 2.05) is 38.1 Å². The van der Waals surface area contributed by atoms with Gasteiger partial charge in [-0.2, -0.15) is 0 Å². The summed E-state index contributed by atoms with van der Waals surface area (Å²) in [5, 5.41) is 6.07. The van der Waals surface area contributed by atoms with E-state index in [1.165, 1.54) is 6.26 Å². The summed E-state index contributed by atoms with van der Waals surface area (Å²) in [4.78, 5) is 4.42. The topological polar surface area (TPSA) is 89.0 Å². The SMILES string of the molecule is CCNC(=NCC(C)Oc1ccccc1OC)NCCS(C)(=O)=O. The zero-order valence-corrected chi connectivity index (χ0v) is 15.5. The summed E-state index contributed by atoms with van der Waals surface area (Å²) >= 11 is 0. The van der Waals surface area contributed by atoms with Gasteiger partial charge in [-0.15, -0.1) is 0 Å². The number of para-hydroxylation sites is 2. The van der Waals surface area contributed by atoms with E-state index in [-0.39, 0.29) is 11.9 Å². The zero-order chi connectivity index (χ0) is 18.0. The van der Waals surface area contributed by atoms with Crippen LogP contribution in [0.2, 0.25) is 0 Å². The Morgan fingerprint density at radius 3 is 2.50 bits per heavy atom. The number of nitrogens with one attached hydrogen (secondary N) is 2. The average Bonchev–Trinajstić information content (AvgIpc) is 2.52. The molecule has 1 unspecified atom stereocenters. The number of nitrogens with zero attached hydrogens (tertiary/aromatic N) is 1. The van der Waals surface area contributed by atoms with Crippen LogP contribution >= 0.6 is 0 Å². The maximum atomic E-state index is 11.2. The average molecular weight is 357 g/mol. The van der Waals surface area contributed by atoms with Crippen molar-refractivity contribution in [2.24, 2.45) is 4.99 Å². The second-order valence-electron chi connectivity index (χ2n) is 5.36. The van der Waals surface area contributed by atoms with Crippen LogP contribution in [0.25, 0.3) is 0 Å². The summed E-state index contributed by atoms with van der Waals surface area (Å²) < 4.78 is 33.4. The first-order valence-electron chi connectivity index (χ1n) is 7.85. The molecular formula is C16H27N3O4S. The van der Waals surface area contributed by atoms with Crippen LogP contribution in [0, 0.1) is 0 Å². The van der Waals surface area contributed by atoms with Crippen LogP contribution < -0.4 is 20.1 Å². The highest BCUT2D eigenvalue weighted by Gasteiger charge is 2.09. The summed E-state index contributed by atoms with van der Waals surface area (Å²) in [6.07, 6.45) is 1.05. The fraction of sp³-hybridized carbons (Fsp3) is 0.562. The molecule has 0 fully saturated rings. The van der Waals surface area contributed by atoms with Gasteiger partial charge in [-0.25, -0.2) is 13.4 Å². The lowest BCUT2D eigenvalue weighted by Gasteiger charge is -2.16. The molecule has 1 aromatic carbocycles. The van der Waals surface area contributed by atoms with Crippen molar-refractivity contribution in [3.8, 4) is 11.5 Å². The summed E-state index contributed by atoms with van der Waals surface area (Å²) in [7, 11) is -1.40. The third-order valence-electron chi connectivity index (χ3n) is 3.01. The fourth-order valence-corrected chi connectivity index (χ4v) is 2.36. The van der Waals surface area contributed by atoms with Crippen LogP contribution in [0.3, 0.4) is 0 Å². The second kappa shape index (κ2) is 10.0. The van der Waals surface area contributed by atoms with E-state index in [0.29, 0.717) is 37.1 Å². The largest absolute Gasteiger partial charge is 0.493 e. The van der Waals surface area contributed by atoms with Crippen molar-refractivity contribution in [1.29, 1.82) is 0 Å². The van der Waals surface area contributed by atoms with E-state index in [0.717, 1.165) is 0 Å². The van der Waals surface area contributed by atoms with Gasteiger partial charge in [-0.05, 0) is 26.0 Å². The molecule has 0 aliphatic heterocycles. The summed E-state index contributed by atoms with van der Waals surface area (Å²) in [5.41, 5.74) is 0. The number of benzene rings is 1. The first-order valence-corrected chi connectivity index (χ1v) is 9.91. The fourth-order valence-electron chi connectivity index (χ4n) is 1.89. The third kappa shape index (κ3) is 8.05. The number of hydrogen-bond acceptors (Lipinski definition) is 5. The maximum absolute atomic E-state index is 11.2. The second-order valence-corrected chi connectivity index (χ2v) is 7.62. The van der Waals surface area contributed by atoms with Gasteiger partial charge in [-0.3, -0.25) is 0 Å². The minimum Gasteiger partial charge on any atom is -0.493 e. The quantitative estimate of drug-likeness (QED) is 0.507. The predicted molar refractivity (Wildman–Crippen MR) is 96.8 cm³/mol. The highest BCUT2D eigenvalue weighted by atomic mass is 32.2. The van der Waals surface area contributed by atoms with Crippen molar-refractivity contribution in [2.75, 3.05) is 38.8 Å². The lowest BCUT2D eigenvalue weighted by molar-refractivity contribution is 0.219. The third-order valence-corrected chi connectivity index (χ3v) is 3.96. The number of methoxy groups -OCH3 is 1. The van der Waals surface area contributed by atoms with E-state index < -0.39 is 9.84 Å². The van der Waals surface area contributed by atoms with Crippen molar-refractivity contribution in [1.82, 2.24) is 10.6 Å². The molecule has 1 atom stereocenters. The molecule has 0 aliphatic carbocycles. The van der Waals surface area contributed by atoms with Crippen molar-refractivity contribution in [3.63, 3.8) is 0 Å². The Kier molecular flexibility index (Phi) is 8.39. The standard InChI is InChI=1S/C16H27N3O4S/c1-5-17-16(18-10-11-24(4,20)21)19-12-13(2)23-15-9-7-6-8-14(15)22-3/h6-9,13H,5,10-12H2,1-4H3,(H2,17,18,19). The Labute approximate surface area is 144 Å². The number of guanidine groups is 1. The molecule has 0 heterocycles. The van der Waals surface area contributed by atoms with Crippen molar-refractivity contribution < 1.29 is 17.9 Å². The van der Waals surface area contributed by atoms with E-state index in [9.17, 15) is 8.42 Å². The van der Waals surface area contributed by atoms with Crippen LogP contribution in [-0.4, -0.2) is 59.2 Å². The van der Waals surface area contributed by atoms with E-state index in [4.69, 9.17) is 9.47 Å². The van der Waals surface area contributed by atoms with Gasteiger partial charge < -0.3 is 20.1 Å². The van der Waals surface area contributed by atoms with Crippen LogP contribution in [0.1, 0.15) is 13.8 Å². The molecule has 24 heavy (non-hydrogen) atoms. The number of sulfone groups is 1. The summed E-state index contributed by atoms with van der Waals surface area (Å²) in [6, 6.07) is 7.44. The molecule has 2 N–H and O–H groups in total. The molecular weight excluding hydrogens is 330 g/mol. The first-order chi connectivity index (χ1) is 11.4. The van der Waals surface area contributed by atoms with Crippen LogP contribution in [0.4, 0.5) is 0 Å². The van der Waals surface area contributed by atoms with Gasteiger partial charge in [-0.1, -0.05) is 12.1 Å². The zero-order valence-electron chi connectivity index (χ0n) is 14.7. The van der Waals surface area contributed by atoms with Gasteiger partial charge in [0.15, 0.2) is 17.5 Å². The van der Waals surface area contributed by atoms with Crippen LogP contribution in [0.15, 0.2) is 29.3 Å². The smallest absolute Gasteiger partial charge is 0.191 e. The molecule has 0 radical (unpaired) electrons. The van der Waals surface area contributed by atoms with Crippen molar-refractivity contribution in [3.05, 3.63) is 24.3 Å². The Morgan fingerprint density at radius 1 is 1.25 bits per heavy atom. The van der Waals surface area contributed by atoms with Crippen LogP contribution in [-0.2, 0) is 9.84 Å². The van der Waals surface area contributed by atoms with Crippen molar-refractivity contribution in [2.45, 2.75) is 20.0 Å². The highest BCUT2D eigenvalue weighted by molar-refractivity contribution is 7.90. The molecule has 0 spiro atoms. The van der Waals surface area contributed by atoms with E-state index in [1.54, 1.807) is 7.11 Å². The Hall–Kier alpha value is -1.96. The molecule has 0 amide bonds. The number of aliphatic imine (C=N–C) groups is 1. The predicted octanol–water partition coefficient (Wildman–Crippen LogP) is 1.06. The number of ether oxygens (including phenoxy) is 2. The molecule has 1 aromatic rings. The number of rotatable bonds is 9. The highest BCUT2D eigenvalue weighted by Crippen LogP contribution is 2.26. The molecule has 0 saturated carbocycles. The maximum Gasteiger partial charge on any atom is 0.191 e. The molecule has 0 bridgehead atoms. The van der Waals surface area contributed by atoms with Crippen LogP contribution in [0.5, 0.6) is 11.5 Å². The molecule has 0 saturated heterocycles. The molecule has 8 heteroatoms. The Bertz CT molecular complexity index is 632. The van der Waals surface area contributed by atoms with E-state index in [2.05, 4.69) is 15.6 Å². The molecule has 0 aromatic heterocycles. The van der Waals surface area contributed by atoms with E-state index >= 15 is 0 Å². The van der Waals surface area contributed by atoms with Crippen molar-refractivity contribution >= 4 is 15.8 Å². The monoisotopic (exact) mass is 357 g/mol. The molecule has 1 rings (SSSR count). The van der Waals surface area contributed by atoms with Gasteiger partial charge >= 0.3 is 0 Å². The molecule has 0 aliphatic rings. The molecule has 136 valence electrons. The van der Waals surface area contributed by atoms with Gasteiger partial charge in [0.25, 0.3) is 0 Å². The Morgan fingerprint density at radius 2 is 1.92 bits per heavy atom. The summed E-state index contributed by atoms with van der Waals surface area (Å²) in [6.45, 7) is 5.28. The van der Waals surface area contributed by atoms with Gasteiger partial charge in [0.1, 0.15) is 15.9 Å². The van der Waals surface area contributed by atoms with Gasteiger partial charge in [0, 0.05) is 19.3 Å². The Balaban J connectivity index is 2.58. The number of hydrogen-bond donors (Lipinski definition) is 2.